The Morgan fingerprint density at radius 3 is 2.14 bits per heavy atom. The van der Waals surface area contributed by atoms with Gasteiger partial charge < -0.3 is 5.32 Å². The van der Waals surface area contributed by atoms with Crippen molar-refractivity contribution in [3.05, 3.63) is 0 Å². The summed E-state index contributed by atoms with van der Waals surface area (Å²) in [6.07, 6.45) is 0.974. The molecule has 0 fully saturated rings. The maximum Gasteiger partial charge on any atom is 0.222 e. The van der Waals surface area contributed by atoms with Crippen LogP contribution in [0.5, 0.6) is 0 Å². The van der Waals surface area contributed by atoms with Gasteiger partial charge in [0.2, 0.25) is 5.91 Å². The van der Waals surface area contributed by atoms with Crippen LogP contribution in [0.4, 0.5) is 0 Å². The average molecular weight is 264 g/mol. The number of nitrogens with one attached hydrogen (secondary N) is 1. The van der Waals surface area contributed by atoms with Crippen LogP contribution in [0.25, 0.3) is 0 Å². The second-order valence-corrected chi connectivity index (χ2v) is 5.85. The van der Waals surface area contributed by atoms with Gasteiger partial charge in [-0.1, -0.05) is 50.5 Å². The van der Waals surface area contributed by atoms with E-state index in [-0.39, 0.29) is 23.3 Å². The minimum atomic E-state index is 0.0650. The number of carbonyl (C=O) groups is 1. The second kappa shape index (κ2) is 5.74. The van der Waals surface area contributed by atoms with E-state index in [4.69, 9.17) is 0 Å². The molecule has 0 spiro atoms. The summed E-state index contributed by atoms with van der Waals surface area (Å²) in [5.74, 6) is 0.209. The van der Waals surface area contributed by atoms with E-state index < -0.39 is 0 Å². The Hall–Kier alpha value is -0.0500. The Balaban J connectivity index is 4.31. The number of hydrogen-bond donors (Lipinski definition) is 1. The van der Waals surface area contributed by atoms with Crippen LogP contribution < -0.4 is 5.32 Å². The van der Waals surface area contributed by atoms with Crippen LogP contribution in [-0.2, 0) is 4.79 Å². The zero-order valence-corrected chi connectivity index (χ0v) is 11.4. The summed E-state index contributed by atoms with van der Waals surface area (Å²) in [6, 6.07) is 0.247. The van der Waals surface area contributed by atoms with Crippen molar-refractivity contribution in [2.24, 2.45) is 11.3 Å². The van der Waals surface area contributed by atoms with Crippen LogP contribution >= 0.6 is 15.9 Å². The molecule has 0 saturated carbocycles. The van der Waals surface area contributed by atoms with E-state index in [0.29, 0.717) is 0 Å². The molecule has 2 nitrogen and oxygen atoms in total. The van der Waals surface area contributed by atoms with Crippen molar-refractivity contribution in [3.8, 4) is 0 Å². The number of rotatable bonds is 4. The van der Waals surface area contributed by atoms with Crippen molar-refractivity contribution in [2.45, 2.75) is 47.1 Å². The van der Waals surface area contributed by atoms with Crippen molar-refractivity contribution >= 4 is 21.8 Å². The molecule has 0 bridgehead atoms. The highest BCUT2D eigenvalue weighted by molar-refractivity contribution is 9.09. The van der Waals surface area contributed by atoms with Crippen LogP contribution in [0.3, 0.4) is 0 Å². The number of carbonyl (C=O) groups excluding carboxylic acids is 1. The first-order chi connectivity index (χ1) is 6.29. The zero-order chi connectivity index (χ0) is 11.4. The first-order valence-corrected chi connectivity index (χ1v) is 6.27. The summed E-state index contributed by atoms with van der Waals surface area (Å²) in [6.45, 7) is 10.3. The van der Waals surface area contributed by atoms with Crippen LogP contribution in [0.15, 0.2) is 0 Å². The van der Waals surface area contributed by atoms with Crippen molar-refractivity contribution in [1.29, 1.82) is 0 Å². The summed E-state index contributed by atoms with van der Waals surface area (Å²) in [5.41, 5.74) is 0.123. The molecule has 0 aliphatic carbocycles. The van der Waals surface area contributed by atoms with Crippen molar-refractivity contribution < 1.29 is 4.79 Å². The molecular formula is C11H22BrNO. The summed E-state index contributed by atoms with van der Waals surface area (Å²) in [5, 5.41) is 4.01. The third-order valence-electron chi connectivity index (χ3n) is 2.28. The molecule has 1 atom stereocenters. The summed E-state index contributed by atoms with van der Waals surface area (Å²) < 4.78 is 0. The minimum Gasteiger partial charge on any atom is -0.353 e. The maximum absolute atomic E-state index is 11.5. The lowest BCUT2D eigenvalue weighted by Crippen LogP contribution is -2.45. The molecule has 14 heavy (non-hydrogen) atoms. The molecule has 0 radical (unpaired) electrons. The largest absolute Gasteiger partial charge is 0.353 e. The Kier molecular flexibility index (Phi) is 5.72. The lowest BCUT2D eigenvalue weighted by molar-refractivity contribution is -0.125. The SMILES string of the molecule is CC(C)C(=O)NC(CCBr)C(C)(C)C. The molecule has 0 rings (SSSR count). The number of alkyl halides is 1. The van der Waals surface area contributed by atoms with Crippen LogP contribution in [0.1, 0.15) is 41.0 Å². The predicted octanol–water partition coefficient (Wildman–Crippen LogP) is 2.96. The Morgan fingerprint density at radius 1 is 1.36 bits per heavy atom. The third-order valence-corrected chi connectivity index (χ3v) is 2.74. The summed E-state index contributed by atoms with van der Waals surface area (Å²) >= 11 is 3.42. The van der Waals surface area contributed by atoms with Gasteiger partial charge in [-0.25, -0.2) is 0 Å². The Bertz CT molecular complexity index is 184. The van der Waals surface area contributed by atoms with Crippen molar-refractivity contribution in [2.75, 3.05) is 5.33 Å². The van der Waals surface area contributed by atoms with E-state index in [2.05, 4.69) is 42.0 Å². The summed E-state index contributed by atoms with van der Waals surface area (Å²) in [4.78, 5) is 11.5. The zero-order valence-electron chi connectivity index (χ0n) is 9.86. The highest BCUT2D eigenvalue weighted by Gasteiger charge is 2.26. The van der Waals surface area contributed by atoms with Crippen molar-refractivity contribution in [1.82, 2.24) is 5.32 Å². The monoisotopic (exact) mass is 263 g/mol. The van der Waals surface area contributed by atoms with Gasteiger partial charge in [-0.15, -0.1) is 0 Å². The number of hydrogen-bond acceptors (Lipinski definition) is 1. The lowest BCUT2D eigenvalue weighted by atomic mass is 9.85. The number of halogens is 1. The third kappa shape index (κ3) is 4.99. The summed E-state index contributed by atoms with van der Waals surface area (Å²) in [7, 11) is 0. The first-order valence-electron chi connectivity index (χ1n) is 5.15. The highest BCUT2D eigenvalue weighted by Crippen LogP contribution is 2.22. The van der Waals surface area contributed by atoms with Gasteiger partial charge in [0, 0.05) is 17.3 Å². The molecule has 1 amide bonds. The fourth-order valence-corrected chi connectivity index (χ4v) is 1.63. The molecule has 0 aliphatic heterocycles. The quantitative estimate of drug-likeness (QED) is 0.777. The second-order valence-electron chi connectivity index (χ2n) is 5.06. The molecular weight excluding hydrogens is 242 g/mol. The molecule has 0 aromatic heterocycles. The van der Waals surface area contributed by atoms with Gasteiger partial charge in [0.1, 0.15) is 0 Å². The van der Waals surface area contributed by atoms with E-state index in [1.165, 1.54) is 0 Å². The minimum absolute atomic E-state index is 0.0650. The Labute approximate surface area is 96.0 Å². The smallest absolute Gasteiger partial charge is 0.222 e. The van der Waals surface area contributed by atoms with Gasteiger partial charge in [-0.3, -0.25) is 4.79 Å². The maximum atomic E-state index is 11.5. The lowest BCUT2D eigenvalue weighted by Gasteiger charge is -2.31. The molecule has 1 unspecified atom stereocenters. The normalized spacial score (nSPS) is 14.2. The van der Waals surface area contributed by atoms with Gasteiger partial charge in [-0.05, 0) is 11.8 Å². The van der Waals surface area contributed by atoms with E-state index in [9.17, 15) is 4.79 Å². The molecule has 0 aromatic carbocycles. The molecule has 1 N–H and O–H groups in total. The van der Waals surface area contributed by atoms with E-state index in [0.717, 1.165) is 11.8 Å². The average Bonchev–Trinajstić information content (AvgIpc) is 2.01. The standard InChI is InChI=1S/C11H22BrNO/c1-8(2)10(14)13-9(6-7-12)11(3,4)5/h8-9H,6-7H2,1-5H3,(H,13,14). The van der Waals surface area contributed by atoms with Crippen LogP contribution in [0.2, 0.25) is 0 Å². The number of amides is 1. The predicted molar refractivity (Wildman–Crippen MR) is 64.6 cm³/mol. The first kappa shape index (κ1) is 13.9. The van der Waals surface area contributed by atoms with Crippen molar-refractivity contribution in [3.63, 3.8) is 0 Å². The molecule has 3 heteroatoms. The fourth-order valence-electron chi connectivity index (χ4n) is 1.17. The van der Waals surface area contributed by atoms with Gasteiger partial charge in [0.25, 0.3) is 0 Å². The van der Waals surface area contributed by atoms with Gasteiger partial charge >= 0.3 is 0 Å². The van der Waals surface area contributed by atoms with E-state index in [1.807, 2.05) is 13.8 Å². The highest BCUT2D eigenvalue weighted by atomic mass is 79.9. The molecule has 0 heterocycles. The topological polar surface area (TPSA) is 29.1 Å². The van der Waals surface area contributed by atoms with Crippen LogP contribution in [-0.4, -0.2) is 17.3 Å². The van der Waals surface area contributed by atoms with E-state index in [1.54, 1.807) is 0 Å². The van der Waals surface area contributed by atoms with E-state index >= 15 is 0 Å². The molecule has 0 saturated heterocycles. The Morgan fingerprint density at radius 2 is 1.86 bits per heavy atom. The van der Waals surface area contributed by atoms with Gasteiger partial charge in [-0.2, -0.15) is 0 Å². The van der Waals surface area contributed by atoms with Crippen LogP contribution in [0, 0.1) is 11.3 Å². The molecule has 84 valence electrons. The molecule has 0 aromatic rings. The van der Waals surface area contributed by atoms with Gasteiger partial charge in [0.15, 0.2) is 0 Å². The fraction of sp³-hybridized carbons (Fsp3) is 0.909. The molecule has 0 aliphatic rings. The van der Waals surface area contributed by atoms with Gasteiger partial charge in [0.05, 0.1) is 0 Å².